The highest BCUT2D eigenvalue weighted by Gasteiger charge is 2.26. The van der Waals surface area contributed by atoms with Crippen LogP contribution in [-0.2, 0) is 6.42 Å². The van der Waals surface area contributed by atoms with E-state index in [0.29, 0.717) is 18.1 Å². The lowest BCUT2D eigenvalue weighted by molar-refractivity contribution is 0.0975. The van der Waals surface area contributed by atoms with Crippen LogP contribution in [0.5, 0.6) is 0 Å². The van der Waals surface area contributed by atoms with Crippen molar-refractivity contribution in [1.82, 2.24) is 14.8 Å². The third kappa shape index (κ3) is 2.80. The number of benzene rings is 2. The monoisotopic (exact) mass is 336 g/mol. The highest BCUT2D eigenvalue weighted by Crippen LogP contribution is 2.27. The summed E-state index contributed by atoms with van der Waals surface area (Å²) in [4.78, 5) is 19.0. The molecule has 0 bridgehead atoms. The normalized spacial score (nSPS) is 13.6. The Labute approximate surface area is 144 Å². The minimum atomic E-state index is -0.317. The zero-order chi connectivity index (χ0) is 17.4. The van der Waals surface area contributed by atoms with Gasteiger partial charge in [0, 0.05) is 12.2 Å². The quantitative estimate of drug-likeness (QED) is 0.721. The standard InChI is InChI=1S/C19H17FN4O/c1-13-21-18(22-24(13)16-10-8-15(20)9-11-16)19(25)23-12-4-6-14-5-2-3-7-17(14)23/h2-3,5,7-11H,4,6,12H2,1H3. The first-order valence-corrected chi connectivity index (χ1v) is 8.23. The summed E-state index contributed by atoms with van der Waals surface area (Å²) in [5.41, 5.74) is 2.76. The van der Waals surface area contributed by atoms with E-state index in [1.165, 1.54) is 12.1 Å². The molecule has 1 amide bonds. The highest BCUT2D eigenvalue weighted by atomic mass is 19.1. The molecule has 0 spiro atoms. The van der Waals surface area contributed by atoms with Crippen molar-refractivity contribution >= 4 is 11.6 Å². The van der Waals surface area contributed by atoms with Crippen molar-refractivity contribution in [1.29, 1.82) is 0 Å². The lowest BCUT2D eigenvalue weighted by atomic mass is 10.0. The summed E-state index contributed by atoms with van der Waals surface area (Å²) in [5, 5.41) is 4.35. The van der Waals surface area contributed by atoms with Gasteiger partial charge in [-0.15, -0.1) is 5.10 Å². The first kappa shape index (κ1) is 15.5. The molecule has 126 valence electrons. The molecule has 4 rings (SSSR count). The number of nitrogens with zero attached hydrogens (tertiary/aromatic N) is 4. The van der Waals surface area contributed by atoms with Gasteiger partial charge in [-0.1, -0.05) is 18.2 Å². The van der Waals surface area contributed by atoms with E-state index in [2.05, 4.69) is 10.1 Å². The number of aryl methyl sites for hydroxylation is 2. The maximum absolute atomic E-state index is 13.1. The van der Waals surface area contributed by atoms with E-state index in [1.807, 2.05) is 24.3 Å². The van der Waals surface area contributed by atoms with E-state index < -0.39 is 0 Å². The second kappa shape index (κ2) is 6.12. The Morgan fingerprint density at radius 3 is 2.68 bits per heavy atom. The number of para-hydroxylation sites is 1. The Morgan fingerprint density at radius 1 is 1.12 bits per heavy atom. The van der Waals surface area contributed by atoms with E-state index >= 15 is 0 Å². The number of carbonyl (C=O) groups is 1. The summed E-state index contributed by atoms with van der Waals surface area (Å²) in [5.74, 6) is 0.206. The Kier molecular flexibility index (Phi) is 3.80. The van der Waals surface area contributed by atoms with Crippen molar-refractivity contribution in [3.8, 4) is 5.69 Å². The van der Waals surface area contributed by atoms with E-state index in [9.17, 15) is 9.18 Å². The molecule has 2 heterocycles. The fourth-order valence-corrected chi connectivity index (χ4v) is 3.17. The fourth-order valence-electron chi connectivity index (χ4n) is 3.17. The topological polar surface area (TPSA) is 51.0 Å². The Hall–Kier alpha value is -3.02. The molecule has 1 aliphatic heterocycles. The molecule has 0 fully saturated rings. The number of hydrogen-bond acceptors (Lipinski definition) is 3. The summed E-state index contributed by atoms with van der Waals surface area (Å²) in [6, 6.07) is 13.9. The van der Waals surface area contributed by atoms with Gasteiger partial charge in [-0.2, -0.15) is 0 Å². The van der Waals surface area contributed by atoms with Gasteiger partial charge in [-0.3, -0.25) is 4.79 Å². The molecule has 2 aromatic carbocycles. The van der Waals surface area contributed by atoms with E-state index in [1.54, 1.807) is 28.6 Å². The number of hydrogen-bond donors (Lipinski definition) is 0. The van der Waals surface area contributed by atoms with Crippen molar-refractivity contribution in [3.63, 3.8) is 0 Å². The highest BCUT2D eigenvalue weighted by molar-refractivity contribution is 6.04. The van der Waals surface area contributed by atoms with Crippen LogP contribution in [0.4, 0.5) is 10.1 Å². The van der Waals surface area contributed by atoms with Crippen molar-refractivity contribution in [2.75, 3.05) is 11.4 Å². The van der Waals surface area contributed by atoms with Crippen LogP contribution in [0, 0.1) is 12.7 Å². The van der Waals surface area contributed by atoms with Crippen molar-refractivity contribution in [2.24, 2.45) is 0 Å². The Morgan fingerprint density at radius 2 is 1.88 bits per heavy atom. The summed E-state index contributed by atoms with van der Waals surface area (Å²) < 4.78 is 14.7. The van der Waals surface area contributed by atoms with E-state index in [4.69, 9.17) is 0 Å². The second-order valence-electron chi connectivity index (χ2n) is 6.06. The number of anilines is 1. The van der Waals surface area contributed by atoms with Crippen LogP contribution in [-0.4, -0.2) is 27.2 Å². The second-order valence-corrected chi connectivity index (χ2v) is 6.06. The maximum atomic E-state index is 13.1. The summed E-state index contributed by atoms with van der Waals surface area (Å²) in [6.07, 6.45) is 1.89. The number of amides is 1. The molecule has 0 N–H and O–H groups in total. The first-order valence-electron chi connectivity index (χ1n) is 8.23. The summed E-state index contributed by atoms with van der Waals surface area (Å²) in [6.45, 7) is 2.43. The first-order chi connectivity index (χ1) is 12.1. The van der Waals surface area contributed by atoms with Gasteiger partial charge >= 0.3 is 0 Å². The van der Waals surface area contributed by atoms with Crippen LogP contribution >= 0.6 is 0 Å². The molecule has 25 heavy (non-hydrogen) atoms. The lowest BCUT2D eigenvalue weighted by Gasteiger charge is -2.28. The van der Waals surface area contributed by atoms with Gasteiger partial charge in [0.15, 0.2) is 0 Å². The molecule has 5 nitrogen and oxygen atoms in total. The molecule has 0 radical (unpaired) electrons. The Bertz CT molecular complexity index is 933. The van der Waals surface area contributed by atoms with Crippen LogP contribution in [0.2, 0.25) is 0 Å². The van der Waals surface area contributed by atoms with Crippen LogP contribution in [0.15, 0.2) is 48.5 Å². The van der Waals surface area contributed by atoms with Crippen LogP contribution in [0.25, 0.3) is 5.69 Å². The van der Waals surface area contributed by atoms with E-state index in [-0.39, 0.29) is 17.5 Å². The van der Waals surface area contributed by atoms with Gasteiger partial charge in [0.1, 0.15) is 11.6 Å². The van der Waals surface area contributed by atoms with Crippen molar-refractivity contribution in [2.45, 2.75) is 19.8 Å². The predicted octanol–water partition coefficient (Wildman–Crippen LogP) is 3.31. The number of halogens is 1. The minimum absolute atomic E-state index is 0.151. The lowest BCUT2D eigenvalue weighted by Crippen LogP contribution is -2.36. The largest absolute Gasteiger partial charge is 0.305 e. The van der Waals surface area contributed by atoms with Crippen molar-refractivity contribution in [3.05, 3.63) is 71.6 Å². The molecular formula is C19H17FN4O. The molecule has 6 heteroatoms. The molecule has 3 aromatic rings. The van der Waals surface area contributed by atoms with Gasteiger partial charge in [-0.05, 0) is 55.7 Å². The van der Waals surface area contributed by atoms with E-state index in [0.717, 1.165) is 24.1 Å². The molecule has 1 aliphatic rings. The third-order valence-electron chi connectivity index (χ3n) is 4.39. The average molecular weight is 336 g/mol. The van der Waals surface area contributed by atoms with Crippen molar-refractivity contribution < 1.29 is 9.18 Å². The third-order valence-corrected chi connectivity index (χ3v) is 4.39. The Balaban J connectivity index is 1.68. The maximum Gasteiger partial charge on any atom is 0.297 e. The number of rotatable bonds is 2. The van der Waals surface area contributed by atoms with Crippen LogP contribution in [0.1, 0.15) is 28.4 Å². The van der Waals surface area contributed by atoms with Gasteiger partial charge in [0.25, 0.3) is 5.91 Å². The smallest absolute Gasteiger partial charge is 0.297 e. The molecule has 0 saturated carbocycles. The van der Waals surface area contributed by atoms with Gasteiger partial charge in [-0.25, -0.2) is 14.1 Å². The number of fused-ring (bicyclic) bond motifs is 1. The molecule has 0 saturated heterocycles. The molecule has 0 aliphatic carbocycles. The summed E-state index contributed by atoms with van der Waals surface area (Å²) >= 11 is 0. The SMILES string of the molecule is Cc1nc(C(=O)N2CCCc3ccccc32)nn1-c1ccc(F)cc1. The average Bonchev–Trinajstić information content (AvgIpc) is 3.03. The fraction of sp³-hybridized carbons (Fsp3) is 0.211. The molecule has 0 atom stereocenters. The van der Waals surface area contributed by atoms with Gasteiger partial charge in [0.05, 0.1) is 5.69 Å². The van der Waals surface area contributed by atoms with Gasteiger partial charge < -0.3 is 4.90 Å². The zero-order valence-electron chi connectivity index (χ0n) is 13.8. The summed E-state index contributed by atoms with van der Waals surface area (Å²) in [7, 11) is 0. The van der Waals surface area contributed by atoms with Crippen LogP contribution in [0.3, 0.4) is 0 Å². The van der Waals surface area contributed by atoms with Gasteiger partial charge in [0.2, 0.25) is 5.82 Å². The minimum Gasteiger partial charge on any atom is -0.305 e. The zero-order valence-corrected chi connectivity index (χ0v) is 13.8. The van der Waals surface area contributed by atoms with Crippen LogP contribution < -0.4 is 4.90 Å². The molecular weight excluding hydrogens is 319 g/mol. The molecule has 1 aromatic heterocycles. The predicted molar refractivity (Wildman–Crippen MR) is 92.5 cm³/mol. The number of aromatic nitrogens is 3. The molecule has 0 unspecified atom stereocenters. The number of carbonyl (C=O) groups excluding carboxylic acids is 1.